The van der Waals surface area contributed by atoms with Gasteiger partial charge in [-0.25, -0.2) is 0 Å². The predicted octanol–water partition coefficient (Wildman–Crippen LogP) is 2.05. The fraction of sp³-hybridized carbons (Fsp3) is 0.385. The first-order chi connectivity index (χ1) is 9.65. The number of nitrogens with one attached hydrogen (secondary N) is 2. The van der Waals surface area contributed by atoms with Crippen LogP contribution in [0.5, 0.6) is 0 Å². The van der Waals surface area contributed by atoms with Crippen LogP contribution in [-0.2, 0) is 11.2 Å². The van der Waals surface area contributed by atoms with E-state index in [0.29, 0.717) is 12.2 Å². The van der Waals surface area contributed by atoms with Crippen molar-refractivity contribution in [3.63, 3.8) is 0 Å². The van der Waals surface area contributed by atoms with Gasteiger partial charge in [-0.2, -0.15) is 5.21 Å². The number of nitrogens with zero attached hydrogens (tertiary/aromatic N) is 3. The summed E-state index contributed by atoms with van der Waals surface area (Å²) < 4.78 is 0. The molecular formula is C13H16ClN5O. The van der Waals surface area contributed by atoms with Crippen LogP contribution in [0.15, 0.2) is 24.3 Å². The molecule has 1 atom stereocenters. The molecule has 2 rings (SSSR count). The van der Waals surface area contributed by atoms with Gasteiger partial charge in [0.2, 0.25) is 5.91 Å². The topological polar surface area (TPSA) is 83.6 Å². The third-order valence-electron chi connectivity index (χ3n) is 2.91. The standard InChI is InChI=1S/C13H16ClN5O/c1-9(13-16-18-19-17-13)15-12(20)4-2-3-10-5-7-11(14)8-6-10/h5-9H,2-4H2,1H3,(H,15,20)(H,16,17,18,19). The number of H-pyrrole nitrogens is 1. The number of aromatic amines is 1. The molecule has 0 saturated carbocycles. The molecule has 0 radical (unpaired) electrons. The van der Waals surface area contributed by atoms with Crippen molar-refractivity contribution in [3.05, 3.63) is 40.7 Å². The van der Waals surface area contributed by atoms with Crippen LogP contribution < -0.4 is 5.32 Å². The minimum absolute atomic E-state index is 0.0173. The molecule has 106 valence electrons. The number of aromatic nitrogens is 4. The molecule has 1 aromatic carbocycles. The highest BCUT2D eigenvalue weighted by Gasteiger charge is 2.12. The number of carbonyl (C=O) groups excluding carboxylic acids is 1. The number of carbonyl (C=O) groups is 1. The first kappa shape index (κ1) is 14.5. The number of benzene rings is 1. The molecule has 1 unspecified atom stereocenters. The van der Waals surface area contributed by atoms with Gasteiger partial charge in [0.15, 0.2) is 5.82 Å². The SMILES string of the molecule is CC(NC(=O)CCCc1ccc(Cl)cc1)c1nn[nH]n1. The van der Waals surface area contributed by atoms with Crippen molar-refractivity contribution in [2.24, 2.45) is 0 Å². The maximum Gasteiger partial charge on any atom is 0.220 e. The Morgan fingerprint density at radius 3 is 2.80 bits per heavy atom. The summed E-state index contributed by atoms with van der Waals surface area (Å²) in [5, 5.41) is 17.0. The second kappa shape index (κ2) is 7.00. The van der Waals surface area contributed by atoms with Crippen LogP contribution in [0.2, 0.25) is 5.02 Å². The highest BCUT2D eigenvalue weighted by Crippen LogP contribution is 2.12. The number of amides is 1. The van der Waals surface area contributed by atoms with Crippen molar-refractivity contribution >= 4 is 17.5 Å². The van der Waals surface area contributed by atoms with E-state index < -0.39 is 0 Å². The molecule has 0 bridgehead atoms. The number of rotatable bonds is 6. The van der Waals surface area contributed by atoms with Gasteiger partial charge < -0.3 is 5.32 Å². The molecule has 0 spiro atoms. The number of tetrazole rings is 1. The summed E-state index contributed by atoms with van der Waals surface area (Å²) >= 11 is 5.82. The monoisotopic (exact) mass is 293 g/mol. The van der Waals surface area contributed by atoms with Gasteiger partial charge in [0, 0.05) is 11.4 Å². The molecule has 0 aliphatic carbocycles. The van der Waals surface area contributed by atoms with Crippen LogP contribution in [0.4, 0.5) is 0 Å². The third-order valence-corrected chi connectivity index (χ3v) is 3.16. The van der Waals surface area contributed by atoms with Gasteiger partial charge in [-0.3, -0.25) is 4.79 Å². The average molecular weight is 294 g/mol. The van der Waals surface area contributed by atoms with Crippen LogP contribution in [0, 0.1) is 0 Å². The zero-order chi connectivity index (χ0) is 14.4. The largest absolute Gasteiger partial charge is 0.346 e. The van der Waals surface area contributed by atoms with Gasteiger partial charge in [-0.05, 0) is 37.5 Å². The van der Waals surface area contributed by atoms with Crippen LogP contribution >= 0.6 is 11.6 Å². The molecule has 0 saturated heterocycles. The summed E-state index contributed by atoms with van der Waals surface area (Å²) in [6.45, 7) is 1.82. The van der Waals surface area contributed by atoms with Crippen LogP contribution in [0.1, 0.15) is 37.2 Å². The molecule has 0 aliphatic heterocycles. The maximum atomic E-state index is 11.8. The second-order valence-corrected chi connectivity index (χ2v) is 4.98. The molecule has 20 heavy (non-hydrogen) atoms. The number of aryl methyl sites for hydroxylation is 1. The van der Waals surface area contributed by atoms with Crippen molar-refractivity contribution in [3.8, 4) is 0 Å². The molecule has 0 aliphatic rings. The van der Waals surface area contributed by atoms with Crippen LogP contribution in [0.3, 0.4) is 0 Å². The van der Waals surface area contributed by atoms with Crippen molar-refractivity contribution in [1.29, 1.82) is 0 Å². The molecule has 2 N–H and O–H groups in total. The van der Waals surface area contributed by atoms with E-state index in [4.69, 9.17) is 11.6 Å². The zero-order valence-electron chi connectivity index (χ0n) is 11.1. The Labute approximate surface area is 121 Å². The fourth-order valence-electron chi connectivity index (χ4n) is 1.84. The first-order valence-electron chi connectivity index (χ1n) is 6.42. The Morgan fingerprint density at radius 1 is 1.40 bits per heavy atom. The van der Waals surface area contributed by atoms with Crippen LogP contribution in [-0.4, -0.2) is 26.5 Å². The molecule has 6 nitrogen and oxygen atoms in total. The van der Waals surface area contributed by atoms with E-state index in [1.807, 2.05) is 31.2 Å². The van der Waals surface area contributed by atoms with E-state index in [1.54, 1.807) is 0 Å². The number of halogens is 1. The van der Waals surface area contributed by atoms with Gasteiger partial charge in [0.1, 0.15) is 0 Å². The molecule has 1 aromatic heterocycles. The Kier molecular flexibility index (Phi) is 5.06. The van der Waals surface area contributed by atoms with Gasteiger partial charge in [-0.1, -0.05) is 28.9 Å². The Bertz CT molecular complexity index is 540. The Morgan fingerprint density at radius 2 is 2.15 bits per heavy atom. The van der Waals surface area contributed by atoms with Crippen molar-refractivity contribution in [2.75, 3.05) is 0 Å². The third kappa shape index (κ3) is 4.31. The lowest BCUT2D eigenvalue weighted by Gasteiger charge is -2.09. The normalized spacial score (nSPS) is 12.1. The van der Waals surface area contributed by atoms with Gasteiger partial charge in [0.05, 0.1) is 6.04 Å². The maximum absolute atomic E-state index is 11.8. The summed E-state index contributed by atoms with van der Waals surface area (Å²) in [7, 11) is 0. The average Bonchev–Trinajstić information content (AvgIpc) is 2.95. The molecule has 7 heteroatoms. The summed E-state index contributed by atoms with van der Waals surface area (Å²) in [5.74, 6) is 0.465. The minimum Gasteiger partial charge on any atom is -0.346 e. The number of hydrogen-bond acceptors (Lipinski definition) is 4. The molecule has 1 heterocycles. The van der Waals surface area contributed by atoms with E-state index in [-0.39, 0.29) is 11.9 Å². The van der Waals surface area contributed by atoms with Crippen LogP contribution in [0.25, 0.3) is 0 Å². The summed E-state index contributed by atoms with van der Waals surface area (Å²) in [4.78, 5) is 11.8. The lowest BCUT2D eigenvalue weighted by molar-refractivity contribution is -0.121. The Hall–Kier alpha value is -1.95. The quantitative estimate of drug-likeness (QED) is 0.854. The Balaban J connectivity index is 1.71. The molecular weight excluding hydrogens is 278 g/mol. The van der Waals surface area contributed by atoms with E-state index in [1.165, 1.54) is 5.56 Å². The lowest BCUT2D eigenvalue weighted by Crippen LogP contribution is -2.27. The lowest BCUT2D eigenvalue weighted by atomic mass is 10.1. The van der Waals surface area contributed by atoms with Crippen molar-refractivity contribution < 1.29 is 4.79 Å². The minimum atomic E-state index is -0.239. The van der Waals surface area contributed by atoms with Gasteiger partial charge >= 0.3 is 0 Å². The van der Waals surface area contributed by atoms with Crippen molar-refractivity contribution in [2.45, 2.75) is 32.2 Å². The van der Waals surface area contributed by atoms with Gasteiger partial charge in [-0.15, -0.1) is 10.2 Å². The first-order valence-corrected chi connectivity index (χ1v) is 6.80. The summed E-state index contributed by atoms with van der Waals surface area (Å²) in [6.07, 6.45) is 2.10. The van der Waals surface area contributed by atoms with E-state index in [2.05, 4.69) is 25.9 Å². The summed E-state index contributed by atoms with van der Waals surface area (Å²) in [6, 6.07) is 7.42. The smallest absolute Gasteiger partial charge is 0.220 e. The van der Waals surface area contributed by atoms with E-state index >= 15 is 0 Å². The molecule has 1 amide bonds. The zero-order valence-corrected chi connectivity index (χ0v) is 11.9. The van der Waals surface area contributed by atoms with E-state index in [0.717, 1.165) is 17.9 Å². The van der Waals surface area contributed by atoms with E-state index in [9.17, 15) is 4.79 Å². The predicted molar refractivity (Wildman–Crippen MR) is 75.1 cm³/mol. The highest BCUT2D eigenvalue weighted by atomic mass is 35.5. The molecule has 2 aromatic rings. The second-order valence-electron chi connectivity index (χ2n) is 4.54. The molecule has 0 fully saturated rings. The van der Waals surface area contributed by atoms with Crippen molar-refractivity contribution in [1.82, 2.24) is 25.9 Å². The number of hydrogen-bond donors (Lipinski definition) is 2. The summed E-state index contributed by atoms with van der Waals surface area (Å²) in [5.41, 5.74) is 1.17. The van der Waals surface area contributed by atoms with Gasteiger partial charge in [0.25, 0.3) is 0 Å². The highest BCUT2D eigenvalue weighted by molar-refractivity contribution is 6.30. The fourth-order valence-corrected chi connectivity index (χ4v) is 1.96.